The first kappa shape index (κ1) is 18.0. The summed E-state index contributed by atoms with van der Waals surface area (Å²) in [6, 6.07) is 16.8. The van der Waals surface area contributed by atoms with Gasteiger partial charge >= 0.3 is 0 Å². The number of rotatable bonds is 6. The molecule has 3 heteroatoms. The molecule has 3 rings (SSSR count). The van der Waals surface area contributed by atoms with Gasteiger partial charge in [-0.3, -0.25) is 0 Å². The SMILES string of the molecule is Cc1cccc(CCN[C@H]2CCC[C@@H](Oc3cccc(C)c3)[C@@H]2O)c1. The van der Waals surface area contributed by atoms with E-state index in [0.717, 1.165) is 38.0 Å². The van der Waals surface area contributed by atoms with Crippen molar-refractivity contribution in [3.8, 4) is 5.75 Å². The summed E-state index contributed by atoms with van der Waals surface area (Å²) in [6.07, 6.45) is 3.37. The summed E-state index contributed by atoms with van der Waals surface area (Å²) in [7, 11) is 0. The van der Waals surface area contributed by atoms with Crippen molar-refractivity contribution in [3.63, 3.8) is 0 Å². The summed E-state index contributed by atoms with van der Waals surface area (Å²) in [5.74, 6) is 0.851. The molecule has 3 atom stereocenters. The van der Waals surface area contributed by atoms with Crippen LogP contribution in [0.2, 0.25) is 0 Å². The highest BCUT2D eigenvalue weighted by molar-refractivity contribution is 5.28. The van der Waals surface area contributed by atoms with Gasteiger partial charge in [-0.05, 0) is 69.3 Å². The lowest BCUT2D eigenvalue weighted by Gasteiger charge is -2.35. The third-order valence-corrected chi connectivity index (χ3v) is 4.98. The molecule has 2 N–H and O–H groups in total. The van der Waals surface area contributed by atoms with E-state index in [4.69, 9.17) is 4.74 Å². The van der Waals surface area contributed by atoms with Gasteiger partial charge in [-0.2, -0.15) is 0 Å². The van der Waals surface area contributed by atoms with Crippen LogP contribution >= 0.6 is 0 Å². The van der Waals surface area contributed by atoms with Crippen LogP contribution in [-0.2, 0) is 6.42 Å². The van der Waals surface area contributed by atoms with E-state index in [0.29, 0.717) is 0 Å². The molecule has 3 nitrogen and oxygen atoms in total. The van der Waals surface area contributed by atoms with Crippen molar-refractivity contribution in [2.24, 2.45) is 0 Å². The molecule has 1 fully saturated rings. The highest BCUT2D eigenvalue weighted by Gasteiger charge is 2.32. The maximum Gasteiger partial charge on any atom is 0.126 e. The molecule has 0 saturated heterocycles. The molecule has 0 spiro atoms. The van der Waals surface area contributed by atoms with Crippen molar-refractivity contribution in [1.82, 2.24) is 5.32 Å². The second-order valence-corrected chi connectivity index (χ2v) is 7.19. The van der Waals surface area contributed by atoms with Crippen LogP contribution in [-0.4, -0.2) is 29.9 Å². The molecule has 2 aromatic rings. The second kappa shape index (κ2) is 8.50. The van der Waals surface area contributed by atoms with Gasteiger partial charge in [0.25, 0.3) is 0 Å². The quantitative estimate of drug-likeness (QED) is 0.841. The minimum Gasteiger partial charge on any atom is -0.488 e. The largest absolute Gasteiger partial charge is 0.488 e. The van der Waals surface area contributed by atoms with Crippen LogP contribution in [0.1, 0.15) is 36.0 Å². The van der Waals surface area contributed by atoms with E-state index in [1.807, 2.05) is 18.2 Å². The van der Waals surface area contributed by atoms with Crippen LogP contribution in [0.15, 0.2) is 48.5 Å². The first-order valence-corrected chi connectivity index (χ1v) is 9.32. The standard InChI is InChI=1S/C22H29NO2/c1-16-6-3-8-18(14-16)12-13-23-20-10-5-11-21(22(20)24)25-19-9-4-7-17(2)15-19/h3-4,6-9,14-15,20-24H,5,10-13H2,1-2H3/t20-,21+,22+/m0/s1. The van der Waals surface area contributed by atoms with E-state index >= 15 is 0 Å². The lowest BCUT2D eigenvalue weighted by atomic mass is 9.89. The van der Waals surface area contributed by atoms with Gasteiger partial charge in [0.15, 0.2) is 0 Å². The van der Waals surface area contributed by atoms with Gasteiger partial charge in [-0.1, -0.05) is 42.0 Å². The van der Waals surface area contributed by atoms with Crippen LogP contribution < -0.4 is 10.1 Å². The number of hydrogen-bond donors (Lipinski definition) is 2. The van der Waals surface area contributed by atoms with Crippen LogP contribution in [0.25, 0.3) is 0 Å². The Labute approximate surface area is 151 Å². The summed E-state index contributed by atoms with van der Waals surface area (Å²) in [5, 5.41) is 14.2. The van der Waals surface area contributed by atoms with Crippen molar-refractivity contribution in [2.45, 2.75) is 57.8 Å². The Morgan fingerprint density at radius 3 is 2.56 bits per heavy atom. The zero-order chi connectivity index (χ0) is 17.6. The van der Waals surface area contributed by atoms with Crippen molar-refractivity contribution in [2.75, 3.05) is 6.54 Å². The average molecular weight is 339 g/mol. The summed E-state index contributed by atoms with van der Waals surface area (Å²) >= 11 is 0. The van der Waals surface area contributed by atoms with Gasteiger partial charge in [0, 0.05) is 6.04 Å². The van der Waals surface area contributed by atoms with Crippen LogP contribution in [0.4, 0.5) is 0 Å². The first-order valence-electron chi connectivity index (χ1n) is 9.32. The van der Waals surface area contributed by atoms with E-state index in [-0.39, 0.29) is 12.1 Å². The molecule has 0 bridgehead atoms. The third-order valence-electron chi connectivity index (χ3n) is 4.98. The van der Waals surface area contributed by atoms with Gasteiger partial charge in [0.1, 0.15) is 18.0 Å². The number of benzene rings is 2. The van der Waals surface area contributed by atoms with Gasteiger partial charge in [-0.25, -0.2) is 0 Å². The predicted octanol–water partition coefficient (Wildman–Crippen LogP) is 3.80. The topological polar surface area (TPSA) is 41.5 Å². The second-order valence-electron chi connectivity index (χ2n) is 7.19. The predicted molar refractivity (Wildman–Crippen MR) is 102 cm³/mol. The molecule has 1 aliphatic carbocycles. The van der Waals surface area contributed by atoms with E-state index in [2.05, 4.69) is 49.5 Å². The zero-order valence-corrected chi connectivity index (χ0v) is 15.2. The molecular formula is C22H29NO2. The molecule has 0 unspecified atom stereocenters. The zero-order valence-electron chi connectivity index (χ0n) is 15.2. The molecule has 2 aromatic carbocycles. The molecule has 0 heterocycles. The fourth-order valence-electron chi connectivity index (χ4n) is 3.62. The number of aryl methyl sites for hydroxylation is 2. The Kier molecular flexibility index (Phi) is 6.11. The van der Waals surface area contributed by atoms with Crippen molar-refractivity contribution in [3.05, 3.63) is 65.2 Å². The fraction of sp³-hybridized carbons (Fsp3) is 0.455. The number of aliphatic hydroxyl groups excluding tert-OH is 1. The maximum atomic E-state index is 10.7. The summed E-state index contributed by atoms with van der Waals surface area (Å²) < 4.78 is 6.07. The third kappa shape index (κ3) is 5.07. The van der Waals surface area contributed by atoms with Gasteiger partial charge in [-0.15, -0.1) is 0 Å². The van der Waals surface area contributed by atoms with Crippen LogP contribution in [0.3, 0.4) is 0 Å². The van der Waals surface area contributed by atoms with Gasteiger partial charge in [0.2, 0.25) is 0 Å². The van der Waals surface area contributed by atoms with Crippen LogP contribution in [0, 0.1) is 13.8 Å². The normalized spacial score (nSPS) is 23.4. The molecule has 25 heavy (non-hydrogen) atoms. The summed E-state index contributed by atoms with van der Waals surface area (Å²) in [5.41, 5.74) is 3.81. The smallest absolute Gasteiger partial charge is 0.126 e. The van der Waals surface area contributed by atoms with Crippen LogP contribution in [0.5, 0.6) is 5.75 Å². The van der Waals surface area contributed by atoms with Gasteiger partial charge in [0.05, 0.1) is 0 Å². The lowest BCUT2D eigenvalue weighted by molar-refractivity contribution is -0.0151. The minimum atomic E-state index is -0.466. The molecule has 0 aliphatic heterocycles. The maximum absolute atomic E-state index is 10.7. The molecule has 0 aromatic heterocycles. The Balaban J connectivity index is 1.52. The summed E-state index contributed by atoms with van der Waals surface area (Å²) in [4.78, 5) is 0. The van der Waals surface area contributed by atoms with Crippen molar-refractivity contribution < 1.29 is 9.84 Å². The molecule has 1 aliphatic rings. The molecule has 0 radical (unpaired) electrons. The number of aliphatic hydroxyl groups is 1. The first-order chi connectivity index (χ1) is 12.1. The Morgan fingerprint density at radius 1 is 1.04 bits per heavy atom. The van der Waals surface area contributed by atoms with E-state index in [1.165, 1.54) is 16.7 Å². The van der Waals surface area contributed by atoms with E-state index < -0.39 is 6.10 Å². The Bertz CT molecular complexity index is 685. The van der Waals surface area contributed by atoms with E-state index in [9.17, 15) is 5.11 Å². The monoisotopic (exact) mass is 339 g/mol. The summed E-state index contributed by atoms with van der Waals surface area (Å²) in [6.45, 7) is 5.05. The number of hydrogen-bond acceptors (Lipinski definition) is 3. The number of nitrogens with one attached hydrogen (secondary N) is 1. The van der Waals surface area contributed by atoms with Crippen molar-refractivity contribution in [1.29, 1.82) is 0 Å². The lowest BCUT2D eigenvalue weighted by Crippen LogP contribution is -2.51. The molecule has 1 saturated carbocycles. The van der Waals surface area contributed by atoms with Gasteiger partial charge < -0.3 is 15.2 Å². The highest BCUT2D eigenvalue weighted by Crippen LogP contribution is 2.25. The highest BCUT2D eigenvalue weighted by atomic mass is 16.5. The Hall–Kier alpha value is -1.84. The average Bonchev–Trinajstić information content (AvgIpc) is 2.58. The molecule has 0 amide bonds. The van der Waals surface area contributed by atoms with E-state index in [1.54, 1.807) is 0 Å². The molecule has 134 valence electrons. The van der Waals surface area contributed by atoms with Crippen molar-refractivity contribution >= 4 is 0 Å². The number of ether oxygens (including phenoxy) is 1. The molecular weight excluding hydrogens is 310 g/mol. The Morgan fingerprint density at radius 2 is 1.80 bits per heavy atom. The fourth-order valence-corrected chi connectivity index (χ4v) is 3.62. The minimum absolute atomic E-state index is 0.105.